The number of ether oxygens (including phenoxy) is 3. The number of carbonyl (C=O) groups excluding carboxylic acids is 1. The molecule has 7 nitrogen and oxygen atoms in total. The molecule has 14 heteroatoms. The van der Waals surface area contributed by atoms with Crippen molar-refractivity contribution in [3.63, 3.8) is 0 Å². The van der Waals surface area contributed by atoms with Gasteiger partial charge in [-0.1, -0.05) is 24.8 Å². The lowest BCUT2D eigenvalue weighted by atomic mass is 10.2. The van der Waals surface area contributed by atoms with Crippen LogP contribution in [0.15, 0.2) is 47.9 Å². The molecule has 3 rings (SSSR count). The minimum Gasteiger partial charge on any atom is -0.490 e. The van der Waals surface area contributed by atoms with Crippen molar-refractivity contribution < 1.29 is 49.5 Å². The largest absolute Gasteiger partial charge is 0.490 e. The smallest absolute Gasteiger partial charge is 0.343 e. The molecule has 0 spiro atoms. The first kappa shape index (κ1) is 29.1. The SMILES string of the molecule is C=Cc1ccc(OCCOc2c(I)cc(C(=O)Oc3c(F)c(F)c(S(=O)(=O)O)c(F)c3F)cc2I)cc1. The number of hydrogen-bond acceptors (Lipinski definition) is 6. The molecule has 196 valence electrons. The van der Waals surface area contributed by atoms with Crippen LogP contribution >= 0.6 is 45.2 Å². The summed E-state index contributed by atoms with van der Waals surface area (Å²) < 4.78 is 104. The van der Waals surface area contributed by atoms with Gasteiger partial charge in [-0.25, -0.2) is 13.6 Å². The van der Waals surface area contributed by atoms with Crippen molar-refractivity contribution in [3.8, 4) is 17.2 Å². The van der Waals surface area contributed by atoms with Gasteiger partial charge in [0.25, 0.3) is 0 Å². The topological polar surface area (TPSA) is 99.1 Å². The van der Waals surface area contributed by atoms with E-state index < -0.39 is 50.0 Å². The molecule has 1 N–H and O–H groups in total. The summed E-state index contributed by atoms with van der Waals surface area (Å²) in [7, 11) is -5.65. The molecule has 3 aromatic carbocycles. The zero-order valence-electron chi connectivity index (χ0n) is 18.2. The molecular weight excluding hydrogens is 750 g/mol. The molecule has 0 atom stereocenters. The Labute approximate surface area is 235 Å². The molecule has 0 unspecified atom stereocenters. The Morgan fingerprint density at radius 3 is 1.89 bits per heavy atom. The number of halogens is 6. The number of benzene rings is 3. The minimum atomic E-state index is -5.65. The van der Waals surface area contributed by atoms with Crippen molar-refractivity contribution in [1.82, 2.24) is 0 Å². The van der Waals surface area contributed by atoms with Gasteiger partial charge in [0.15, 0.2) is 16.5 Å². The lowest BCUT2D eigenvalue weighted by molar-refractivity contribution is 0.0716. The Balaban J connectivity index is 1.73. The van der Waals surface area contributed by atoms with Crippen LogP contribution in [-0.4, -0.2) is 32.2 Å². The molecule has 0 bridgehead atoms. The van der Waals surface area contributed by atoms with Gasteiger partial charge in [-0.15, -0.1) is 0 Å². The molecule has 0 fully saturated rings. The predicted octanol–water partition coefficient (Wildman–Crippen LogP) is 6.02. The van der Waals surface area contributed by atoms with Gasteiger partial charge in [0.1, 0.15) is 24.7 Å². The highest BCUT2D eigenvalue weighted by Gasteiger charge is 2.34. The summed E-state index contributed by atoms with van der Waals surface area (Å²) in [5, 5.41) is 0. The van der Waals surface area contributed by atoms with Crippen molar-refractivity contribution in [2.24, 2.45) is 0 Å². The first-order valence-electron chi connectivity index (χ1n) is 9.87. The van der Waals surface area contributed by atoms with Gasteiger partial charge in [0.2, 0.25) is 17.4 Å². The lowest BCUT2D eigenvalue weighted by Gasteiger charge is -2.14. The van der Waals surface area contributed by atoms with E-state index in [1.54, 1.807) is 18.2 Å². The third-order valence-electron chi connectivity index (χ3n) is 4.58. The highest BCUT2D eigenvalue weighted by molar-refractivity contribution is 14.1. The van der Waals surface area contributed by atoms with Crippen LogP contribution in [0.1, 0.15) is 15.9 Å². The van der Waals surface area contributed by atoms with E-state index in [4.69, 9.17) is 14.0 Å². The maximum Gasteiger partial charge on any atom is 0.343 e. The molecule has 0 aliphatic rings. The normalized spacial score (nSPS) is 11.2. The Bertz CT molecular complexity index is 1430. The van der Waals surface area contributed by atoms with Crippen molar-refractivity contribution >= 4 is 67.3 Å². The number of rotatable bonds is 9. The molecule has 0 amide bonds. The van der Waals surface area contributed by atoms with Crippen molar-refractivity contribution in [2.75, 3.05) is 13.2 Å². The van der Waals surface area contributed by atoms with Gasteiger partial charge >= 0.3 is 16.1 Å². The van der Waals surface area contributed by atoms with Gasteiger partial charge in [-0.3, -0.25) is 4.55 Å². The molecule has 0 radical (unpaired) electrons. The maximum absolute atomic E-state index is 14.2. The van der Waals surface area contributed by atoms with E-state index >= 15 is 0 Å². The summed E-state index contributed by atoms with van der Waals surface area (Å²) in [6.07, 6.45) is 1.69. The first-order chi connectivity index (χ1) is 17.3. The van der Waals surface area contributed by atoms with Crippen LogP contribution in [0.4, 0.5) is 17.6 Å². The van der Waals surface area contributed by atoms with Crippen LogP contribution in [0.2, 0.25) is 0 Å². The zero-order chi connectivity index (χ0) is 27.5. The Hall–Kier alpha value is -2.44. The molecule has 37 heavy (non-hydrogen) atoms. The van der Waals surface area contributed by atoms with E-state index in [1.165, 1.54) is 12.1 Å². The monoisotopic (exact) mass is 764 g/mol. The van der Waals surface area contributed by atoms with Crippen molar-refractivity contribution in [1.29, 1.82) is 0 Å². The number of carbonyl (C=O) groups is 1. The Morgan fingerprint density at radius 1 is 0.892 bits per heavy atom. The van der Waals surface area contributed by atoms with Crippen molar-refractivity contribution in [3.05, 3.63) is 84.5 Å². The van der Waals surface area contributed by atoms with E-state index in [0.717, 1.165) is 5.56 Å². The molecule has 0 aliphatic heterocycles. The average Bonchev–Trinajstić information content (AvgIpc) is 2.83. The second-order valence-corrected chi connectivity index (χ2v) is 10.7. The summed E-state index contributed by atoms with van der Waals surface area (Å²) in [4.78, 5) is 10.2. The summed E-state index contributed by atoms with van der Waals surface area (Å²) >= 11 is 3.67. The highest BCUT2D eigenvalue weighted by Crippen LogP contribution is 2.34. The van der Waals surface area contributed by atoms with E-state index in [2.05, 4.69) is 11.3 Å². The van der Waals surface area contributed by atoms with Gasteiger partial charge in [-0.2, -0.15) is 17.2 Å². The fraction of sp³-hybridized carbons (Fsp3) is 0.0870. The quantitative estimate of drug-likeness (QED) is 0.0542. The third-order valence-corrected chi connectivity index (χ3v) is 7.06. The molecule has 0 saturated carbocycles. The Kier molecular flexibility index (Phi) is 9.41. The standard InChI is InChI=1S/C23H14F4I2O7S/c1-2-11-3-5-13(6-4-11)34-7-8-35-20-14(28)9-12(10-15(20)29)23(30)36-21-16(24)18(26)22(37(31,32)33)19(27)17(21)25/h2-6,9-10H,1,7-8H2,(H,31,32,33). The molecule has 0 saturated heterocycles. The van der Waals surface area contributed by atoms with Crippen LogP contribution in [-0.2, 0) is 10.1 Å². The summed E-state index contributed by atoms with van der Waals surface area (Å²) in [6.45, 7) is 3.99. The fourth-order valence-electron chi connectivity index (χ4n) is 2.88. The molecular formula is C23H14F4I2O7S. The molecule has 0 heterocycles. The van der Waals surface area contributed by atoms with E-state index in [1.807, 2.05) is 57.3 Å². The minimum absolute atomic E-state index is 0.133. The van der Waals surface area contributed by atoms with Crippen LogP contribution < -0.4 is 14.2 Å². The first-order valence-corrected chi connectivity index (χ1v) is 13.5. The predicted molar refractivity (Wildman–Crippen MR) is 140 cm³/mol. The third kappa shape index (κ3) is 6.71. The van der Waals surface area contributed by atoms with Crippen LogP contribution in [0.5, 0.6) is 17.2 Å². The van der Waals surface area contributed by atoms with Crippen molar-refractivity contribution in [2.45, 2.75) is 4.90 Å². The van der Waals surface area contributed by atoms with Crippen LogP contribution in [0.25, 0.3) is 6.08 Å². The number of hydrogen-bond donors (Lipinski definition) is 1. The summed E-state index contributed by atoms with van der Waals surface area (Å²) in [6, 6.07) is 9.68. The zero-order valence-corrected chi connectivity index (χ0v) is 23.4. The molecule has 0 aliphatic carbocycles. The van der Waals surface area contributed by atoms with Gasteiger partial charge in [-0.05, 0) is 75.0 Å². The second kappa shape index (κ2) is 12.0. The van der Waals surface area contributed by atoms with E-state index in [0.29, 0.717) is 18.6 Å². The van der Waals surface area contributed by atoms with E-state index in [-0.39, 0.29) is 18.8 Å². The Morgan fingerprint density at radius 2 is 1.41 bits per heavy atom. The second-order valence-electron chi connectivity index (χ2n) is 7.02. The van der Waals surface area contributed by atoms with Gasteiger partial charge in [0.05, 0.1) is 12.7 Å². The van der Waals surface area contributed by atoms with Gasteiger partial charge < -0.3 is 14.2 Å². The maximum atomic E-state index is 14.2. The number of esters is 1. The van der Waals surface area contributed by atoms with E-state index in [9.17, 15) is 30.8 Å². The van der Waals surface area contributed by atoms with Crippen LogP contribution in [0, 0.1) is 30.4 Å². The lowest BCUT2D eigenvalue weighted by Crippen LogP contribution is -2.16. The highest BCUT2D eigenvalue weighted by atomic mass is 127. The van der Waals surface area contributed by atoms with Gasteiger partial charge in [0, 0.05) is 0 Å². The fourth-order valence-corrected chi connectivity index (χ4v) is 5.59. The summed E-state index contributed by atoms with van der Waals surface area (Å²) in [5.74, 6) is -11.7. The average molecular weight is 764 g/mol. The molecule has 3 aromatic rings. The molecule has 0 aromatic heterocycles. The van der Waals surface area contributed by atoms with Crippen LogP contribution in [0.3, 0.4) is 0 Å². The summed E-state index contributed by atoms with van der Waals surface area (Å²) in [5.41, 5.74) is 0.681.